The Balaban J connectivity index is 2.07. The van der Waals surface area contributed by atoms with Crippen LogP contribution in [0.1, 0.15) is 16.1 Å². The van der Waals surface area contributed by atoms with Crippen LogP contribution in [0.3, 0.4) is 0 Å². The van der Waals surface area contributed by atoms with Crippen molar-refractivity contribution < 1.29 is 14.4 Å². The largest absolute Gasteiger partial charge is 0.508 e. The number of hydrogen-bond acceptors (Lipinski definition) is 5. The van der Waals surface area contributed by atoms with E-state index in [1.165, 1.54) is 24.4 Å². The number of amides is 1. The maximum Gasteiger partial charge on any atom is 0.253 e. The van der Waals surface area contributed by atoms with Crippen molar-refractivity contribution in [3.63, 3.8) is 0 Å². The van der Waals surface area contributed by atoms with Gasteiger partial charge in [0.15, 0.2) is 5.76 Å². The highest BCUT2D eigenvalue weighted by Gasteiger charge is 2.10. The molecule has 0 saturated heterocycles. The Bertz CT molecular complexity index is 523. The number of aromatic nitrogens is 1. The third-order valence-electron chi connectivity index (χ3n) is 2.20. The van der Waals surface area contributed by atoms with E-state index in [1.54, 1.807) is 6.07 Å². The summed E-state index contributed by atoms with van der Waals surface area (Å²) in [6.07, 6.45) is 1.49. The first-order valence-electron chi connectivity index (χ1n) is 4.93. The lowest BCUT2D eigenvalue weighted by Gasteiger charge is -2.06. The summed E-state index contributed by atoms with van der Waals surface area (Å²) in [5.74, 6) is 0.149. The fraction of sp³-hybridized carbons (Fsp3) is 0.0909. The van der Waals surface area contributed by atoms with Gasteiger partial charge in [0.05, 0.1) is 18.3 Å². The first-order valence-corrected chi connectivity index (χ1v) is 4.93. The van der Waals surface area contributed by atoms with Crippen LogP contribution in [-0.2, 0) is 6.54 Å². The molecule has 0 aliphatic heterocycles. The van der Waals surface area contributed by atoms with Crippen LogP contribution in [-0.4, -0.2) is 16.2 Å². The number of aromatic hydroxyl groups is 1. The predicted octanol–water partition coefficient (Wildman–Crippen LogP) is 0.892. The molecule has 0 aliphatic rings. The average Bonchev–Trinajstić information content (AvgIpc) is 2.82. The number of hydrogen-bond donors (Lipinski definition) is 3. The molecule has 0 atom stereocenters. The molecule has 17 heavy (non-hydrogen) atoms. The maximum absolute atomic E-state index is 11.7. The Morgan fingerprint density at radius 1 is 1.47 bits per heavy atom. The summed E-state index contributed by atoms with van der Waals surface area (Å²) < 4.78 is 4.83. The lowest BCUT2D eigenvalue weighted by molar-refractivity contribution is 0.0947. The van der Waals surface area contributed by atoms with Gasteiger partial charge >= 0.3 is 0 Å². The van der Waals surface area contributed by atoms with Crippen molar-refractivity contribution in [2.45, 2.75) is 6.54 Å². The second kappa shape index (κ2) is 4.56. The van der Waals surface area contributed by atoms with Gasteiger partial charge in [-0.25, -0.2) is 0 Å². The zero-order valence-corrected chi connectivity index (χ0v) is 8.88. The highest BCUT2D eigenvalue weighted by atomic mass is 16.5. The van der Waals surface area contributed by atoms with Crippen LogP contribution >= 0.6 is 0 Å². The summed E-state index contributed by atoms with van der Waals surface area (Å²) >= 11 is 0. The Hall–Kier alpha value is -2.50. The lowest BCUT2D eigenvalue weighted by Crippen LogP contribution is -2.23. The van der Waals surface area contributed by atoms with E-state index in [0.717, 1.165) is 0 Å². The highest BCUT2D eigenvalue weighted by Crippen LogP contribution is 2.18. The monoisotopic (exact) mass is 233 g/mol. The molecule has 2 rings (SSSR count). The second-order valence-electron chi connectivity index (χ2n) is 3.43. The van der Waals surface area contributed by atoms with Gasteiger partial charge in [0.1, 0.15) is 5.75 Å². The molecule has 0 spiro atoms. The van der Waals surface area contributed by atoms with Gasteiger partial charge in [0.2, 0.25) is 0 Å². The number of carbonyl (C=O) groups excluding carboxylic acids is 1. The number of carbonyl (C=O) groups is 1. The molecule has 6 heteroatoms. The number of nitrogen functional groups attached to an aromatic ring is 1. The van der Waals surface area contributed by atoms with Gasteiger partial charge in [0, 0.05) is 11.8 Å². The van der Waals surface area contributed by atoms with Crippen molar-refractivity contribution >= 4 is 11.6 Å². The smallest absolute Gasteiger partial charge is 0.253 e. The molecule has 1 aromatic carbocycles. The highest BCUT2D eigenvalue weighted by molar-refractivity contribution is 5.99. The topological polar surface area (TPSA) is 101 Å². The van der Waals surface area contributed by atoms with Crippen molar-refractivity contribution in [3.05, 3.63) is 41.8 Å². The molecule has 0 saturated carbocycles. The number of rotatable bonds is 3. The Kier molecular flexibility index (Phi) is 2.95. The van der Waals surface area contributed by atoms with Crippen molar-refractivity contribution in [1.29, 1.82) is 0 Å². The summed E-state index contributed by atoms with van der Waals surface area (Å²) in [4.78, 5) is 11.7. The number of phenolic OH excluding ortho intramolecular Hbond substituents is 1. The molecule has 1 amide bonds. The molecular weight excluding hydrogens is 222 g/mol. The lowest BCUT2D eigenvalue weighted by atomic mass is 10.1. The first kappa shape index (κ1) is 11.0. The molecule has 4 N–H and O–H groups in total. The van der Waals surface area contributed by atoms with Gasteiger partial charge < -0.3 is 20.7 Å². The van der Waals surface area contributed by atoms with E-state index >= 15 is 0 Å². The Labute approximate surface area is 97.0 Å². The van der Waals surface area contributed by atoms with Crippen molar-refractivity contribution in [3.8, 4) is 5.75 Å². The average molecular weight is 233 g/mol. The summed E-state index contributed by atoms with van der Waals surface area (Å²) in [5, 5.41) is 15.4. The second-order valence-corrected chi connectivity index (χ2v) is 3.43. The summed E-state index contributed by atoms with van der Waals surface area (Å²) in [6.45, 7) is 0.216. The van der Waals surface area contributed by atoms with Crippen LogP contribution in [0.5, 0.6) is 5.75 Å². The molecule has 1 heterocycles. The van der Waals surface area contributed by atoms with Crippen molar-refractivity contribution in [1.82, 2.24) is 10.5 Å². The Morgan fingerprint density at radius 3 is 3.00 bits per heavy atom. The molecular formula is C11H11N3O3. The summed E-state index contributed by atoms with van der Waals surface area (Å²) in [5.41, 5.74) is 6.16. The van der Waals surface area contributed by atoms with E-state index in [4.69, 9.17) is 10.3 Å². The fourth-order valence-corrected chi connectivity index (χ4v) is 1.34. The van der Waals surface area contributed by atoms with Crippen LogP contribution in [0.4, 0.5) is 5.69 Å². The number of nitrogens with one attached hydrogen (secondary N) is 1. The van der Waals surface area contributed by atoms with Gasteiger partial charge in [-0.3, -0.25) is 4.79 Å². The number of anilines is 1. The summed E-state index contributed by atoms with van der Waals surface area (Å²) in [6, 6.07) is 5.85. The summed E-state index contributed by atoms with van der Waals surface area (Å²) in [7, 11) is 0. The molecule has 0 unspecified atom stereocenters. The van der Waals surface area contributed by atoms with E-state index in [-0.39, 0.29) is 23.8 Å². The first-order chi connectivity index (χ1) is 8.16. The predicted molar refractivity (Wildman–Crippen MR) is 60.2 cm³/mol. The molecule has 6 nitrogen and oxygen atoms in total. The Morgan fingerprint density at radius 2 is 2.29 bits per heavy atom. The fourth-order valence-electron chi connectivity index (χ4n) is 1.34. The molecule has 0 radical (unpaired) electrons. The van der Waals surface area contributed by atoms with Crippen LogP contribution in [0, 0.1) is 0 Å². The minimum atomic E-state index is -0.380. The minimum Gasteiger partial charge on any atom is -0.508 e. The van der Waals surface area contributed by atoms with Gasteiger partial charge in [-0.05, 0) is 18.2 Å². The quantitative estimate of drug-likeness (QED) is 0.540. The van der Waals surface area contributed by atoms with Gasteiger partial charge in [-0.1, -0.05) is 5.16 Å². The van der Waals surface area contributed by atoms with Crippen molar-refractivity contribution in [2.75, 3.05) is 5.73 Å². The van der Waals surface area contributed by atoms with E-state index in [2.05, 4.69) is 10.5 Å². The van der Waals surface area contributed by atoms with E-state index in [0.29, 0.717) is 11.4 Å². The molecule has 0 bridgehead atoms. The minimum absolute atomic E-state index is 0.0102. The number of nitrogens with zero attached hydrogens (tertiary/aromatic N) is 1. The normalized spacial score (nSPS) is 10.1. The molecule has 0 fully saturated rings. The molecule has 0 aliphatic carbocycles. The van der Waals surface area contributed by atoms with Gasteiger partial charge in [0.25, 0.3) is 5.91 Å². The van der Waals surface area contributed by atoms with E-state index in [9.17, 15) is 9.90 Å². The SMILES string of the molecule is Nc1ccc(O)cc1C(=O)NCc1ccno1. The zero-order chi connectivity index (χ0) is 12.3. The van der Waals surface area contributed by atoms with Crippen LogP contribution in [0.2, 0.25) is 0 Å². The third kappa shape index (κ3) is 2.54. The van der Waals surface area contributed by atoms with Gasteiger partial charge in [-0.15, -0.1) is 0 Å². The zero-order valence-electron chi connectivity index (χ0n) is 8.88. The number of nitrogens with two attached hydrogens (primary N) is 1. The van der Waals surface area contributed by atoms with E-state index < -0.39 is 0 Å². The van der Waals surface area contributed by atoms with Crippen LogP contribution < -0.4 is 11.1 Å². The van der Waals surface area contributed by atoms with Crippen molar-refractivity contribution in [2.24, 2.45) is 0 Å². The van der Waals surface area contributed by atoms with Gasteiger partial charge in [-0.2, -0.15) is 0 Å². The van der Waals surface area contributed by atoms with Crippen LogP contribution in [0.25, 0.3) is 0 Å². The molecule has 2 aromatic rings. The number of phenols is 1. The standard InChI is InChI=1S/C11H11N3O3/c12-10-2-1-7(15)5-9(10)11(16)13-6-8-3-4-14-17-8/h1-5,15H,6,12H2,(H,13,16). The maximum atomic E-state index is 11.7. The number of benzene rings is 1. The van der Waals surface area contributed by atoms with Crippen LogP contribution in [0.15, 0.2) is 35.0 Å². The van der Waals surface area contributed by atoms with E-state index in [1.807, 2.05) is 0 Å². The molecule has 88 valence electrons. The molecule has 1 aromatic heterocycles. The third-order valence-corrected chi connectivity index (χ3v) is 2.20.